The molecule has 22 heavy (non-hydrogen) atoms. The Hall–Kier alpha value is -2.14. The Bertz CT molecular complexity index is 637. The summed E-state index contributed by atoms with van der Waals surface area (Å²) < 4.78 is 1.75. The summed E-state index contributed by atoms with van der Waals surface area (Å²) in [6.45, 7) is 5.02. The fraction of sp³-hybridized carbons (Fsp3) is 0.412. The highest BCUT2D eigenvalue weighted by molar-refractivity contribution is 5.92. The van der Waals surface area contributed by atoms with Crippen LogP contribution in [0.3, 0.4) is 0 Å². The van der Waals surface area contributed by atoms with Gasteiger partial charge in [0.2, 0.25) is 0 Å². The number of amides is 1. The largest absolute Gasteiger partial charge is 0.346 e. The van der Waals surface area contributed by atoms with E-state index in [1.54, 1.807) is 17.1 Å². The number of hydrogen-bond donors (Lipinski definition) is 1. The van der Waals surface area contributed by atoms with Crippen LogP contribution in [0.25, 0.3) is 0 Å². The number of aryl methyl sites for hydroxylation is 1. The number of nitrogens with zero attached hydrogens (tertiary/aromatic N) is 3. The first kappa shape index (κ1) is 14.8. The lowest BCUT2D eigenvalue weighted by molar-refractivity contribution is 0.0923. The minimum Gasteiger partial charge on any atom is -0.346 e. The fourth-order valence-corrected chi connectivity index (χ4v) is 3.04. The number of benzene rings is 1. The predicted octanol–water partition coefficient (Wildman–Crippen LogP) is 1.67. The molecule has 0 saturated carbocycles. The van der Waals surface area contributed by atoms with Gasteiger partial charge in [0.25, 0.3) is 5.91 Å². The minimum atomic E-state index is -0.0431. The van der Waals surface area contributed by atoms with Crippen molar-refractivity contribution in [2.24, 2.45) is 13.0 Å². The molecule has 5 nitrogen and oxygen atoms in total. The van der Waals surface area contributed by atoms with Crippen molar-refractivity contribution in [1.29, 1.82) is 0 Å². The third-order valence-corrected chi connectivity index (χ3v) is 4.30. The van der Waals surface area contributed by atoms with Crippen molar-refractivity contribution >= 4 is 5.91 Å². The summed E-state index contributed by atoms with van der Waals surface area (Å²) in [6.07, 6.45) is 3.26. The zero-order chi connectivity index (χ0) is 15.5. The molecule has 2 aromatic rings. The lowest BCUT2D eigenvalue weighted by Crippen LogP contribution is -2.40. The van der Waals surface area contributed by atoms with E-state index in [1.807, 2.05) is 13.1 Å². The number of carbonyl (C=O) groups excluding carboxylic acids is 1. The molecule has 0 bridgehead atoms. The average molecular weight is 298 g/mol. The molecule has 0 aliphatic carbocycles. The van der Waals surface area contributed by atoms with Gasteiger partial charge in [-0.25, -0.2) is 4.98 Å². The molecule has 0 unspecified atom stereocenters. The summed E-state index contributed by atoms with van der Waals surface area (Å²) in [4.78, 5) is 18.7. The Morgan fingerprint density at radius 1 is 1.32 bits per heavy atom. The van der Waals surface area contributed by atoms with Gasteiger partial charge in [-0.15, -0.1) is 0 Å². The van der Waals surface area contributed by atoms with Crippen LogP contribution in [0.1, 0.15) is 23.0 Å². The van der Waals surface area contributed by atoms with Crippen LogP contribution in [0, 0.1) is 5.92 Å². The fourth-order valence-electron chi connectivity index (χ4n) is 3.04. The molecule has 1 N–H and O–H groups in total. The lowest BCUT2D eigenvalue weighted by Gasteiger charge is -2.17. The first-order chi connectivity index (χ1) is 10.6. The van der Waals surface area contributed by atoms with Gasteiger partial charge in [-0.1, -0.05) is 37.3 Å². The van der Waals surface area contributed by atoms with Crippen LogP contribution >= 0.6 is 0 Å². The topological polar surface area (TPSA) is 50.2 Å². The number of nitrogens with one attached hydrogen (secondary N) is 1. The van der Waals surface area contributed by atoms with Crippen molar-refractivity contribution in [2.45, 2.75) is 19.5 Å². The molecular formula is C17H22N4O. The summed E-state index contributed by atoms with van der Waals surface area (Å²) in [7, 11) is 1.84. The van der Waals surface area contributed by atoms with Crippen LogP contribution in [0.2, 0.25) is 0 Å². The van der Waals surface area contributed by atoms with Gasteiger partial charge in [0.05, 0.1) is 12.5 Å². The number of rotatable bonds is 4. The van der Waals surface area contributed by atoms with E-state index in [1.165, 1.54) is 5.56 Å². The molecule has 0 spiro atoms. The third kappa shape index (κ3) is 3.20. The van der Waals surface area contributed by atoms with Gasteiger partial charge >= 0.3 is 0 Å². The Morgan fingerprint density at radius 2 is 2.09 bits per heavy atom. The van der Waals surface area contributed by atoms with E-state index < -0.39 is 0 Å². The molecule has 0 radical (unpaired) electrons. The highest BCUT2D eigenvalue weighted by Gasteiger charge is 2.31. The highest BCUT2D eigenvalue weighted by Crippen LogP contribution is 2.19. The van der Waals surface area contributed by atoms with Crippen LogP contribution in [0.5, 0.6) is 0 Å². The van der Waals surface area contributed by atoms with E-state index in [0.29, 0.717) is 11.6 Å². The molecule has 2 heterocycles. The van der Waals surface area contributed by atoms with Gasteiger partial charge in [-0.2, -0.15) is 0 Å². The third-order valence-electron chi connectivity index (χ3n) is 4.30. The maximum absolute atomic E-state index is 12.3. The zero-order valence-electron chi connectivity index (χ0n) is 13.1. The number of likely N-dealkylation sites (tertiary alicyclic amines) is 1. The second-order valence-corrected chi connectivity index (χ2v) is 6.13. The van der Waals surface area contributed by atoms with Crippen molar-refractivity contribution < 1.29 is 4.79 Å². The normalized spacial score (nSPS) is 21.9. The van der Waals surface area contributed by atoms with Crippen LogP contribution in [-0.2, 0) is 13.6 Å². The smallest absolute Gasteiger partial charge is 0.269 e. The summed E-state index contributed by atoms with van der Waals surface area (Å²) >= 11 is 0. The van der Waals surface area contributed by atoms with Crippen molar-refractivity contribution in [1.82, 2.24) is 19.8 Å². The molecule has 1 aliphatic heterocycles. The molecule has 1 aliphatic rings. The average Bonchev–Trinajstić information content (AvgIpc) is 3.06. The lowest BCUT2D eigenvalue weighted by atomic mass is 10.1. The standard InChI is InChI=1S/C17H22N4O/c1-13-9-21(10-14-6-4-3-5-7-14)11-15(13)19-17(22)16-8-18-12-20(16)2/h3-8,12-13,15H,9-11H2,1-2H3,(H,19,22)/t13-,15-/m1/s1. The Morgan fingerprint density at radius 3 is 2.77 bits per heavy atom. The van der Waals surface area contributed by atoms with Crippen LogP contribution in [0.4, 0.5) is 0 Å². The number of carbonyl (C=O) groups is 1. The summed E-state index contributed by atoms with van der Waals surface area (Å²) in [5, 5.41) is 3.15. The molecule has 3 rings (SSSR count). The van der Waals surface area contributed by atoms with E-state index >= 15 is 0 Å². The Balaban J connectivity index is 1.59. The van der Waals surface area contributed by atoms with Gasteiger partial charge in [-0.05, 0) is 11.5 Å². The van der Waals surface area contributed by atoms with Gasteiger partial charge in [0.15, 0.2) is 0 Å². The molecule has 2 atom stereocenters. The van der Waals surface area contributed by atoms with E-state index in [2.05, 4.69) is 46.4 Å². The first-order valence-electron chi connectivity index (χ1n) is 7.67. The van der Waals surface area contributed by atoms with Gasteiger partial charge in [0.1, 0.15) is 5.69 Å². The second-order valence-electron chi connectivity index (χ2n) is 6.13. The van der Waals surface area contributed by atoms with Crippen molar-refractivity contribution in [3.05, 3.63) is 54.1 Å². The van der Waals surface area contributed by atoms with Crippen LogP contribution < -0.4 is 5.32 Å². The minimum absolute atomic E-state index is 0.0431. The molecule has 5 heteroatoms. The van der Waals surface area contributed by atoms with Gasteiger partial charge < -0.3 is 9.88 Å². The summed E-state index contributed by atoms with van der Waals surface area (Å²) in [6, 6.07) is 10.6. The SMILES string of the molecule is C[C@@H]1CN(Cc2ccccc2)C[C@H]1NC(=O)c1cncn1C. The molecule has 1 amide bonds. The molecule has 1 fully saturated rings. The van der Waals surface area contributed by atoms with E-state index in [9.17, 15) is 4.79 Å². The number of hydrogen-bond acceptors (Lipinski definition) is 3. The first-order valence-corrected chi connectivity index (χ1v) is 7.67. The zero-order valence-corrected chi connectivity index (χ0v) is 13.1. The van der Waals surface area contributed by atoms with Crippen molar-refractivity contribution in [2.75, 3.05) is 13.1 Å². The molecule has 1 saturated heterocycles. The van der Waals surface area contributed by atoms with Crippen molar-refractivity contribution in [3.63, 3.8) is 0 Å². The second kappa shape index (κ2) is 6.32. The highest BCUT2D eigenvalue weighted by atomic mass is 16.2. The van der Waals surface area contributed by atoms with E-state index in [-0.39, 0.29) is 11.9 Å². The summed E-state index contributed by atoms with van der Waals surface area (Å²) in [5.74, 6) is 0.402. The van der Waals surface area contributed by atoms with E-state index in [4.69, 9.17) is 0 Å². The monoisotopic (exact) mass is 298 g/mol. The van der Waals surface area contributed by atoms with E-state index in [0.717, 1.165) is 19.6 Å². The van der Waals surface area contributed by atoms with Gasteiger partial charge in [-0.3, -0.25) is 9.69 Å². The number of imidazole rings is 1. The summed E-state index contributed by atoms with van der Waals surface area (Å²) in [5.41, 5.74) is 1.92. The number of aromatic nitrogens is 2. The quantitative estimate of drug-likeness (QED) is 0.934. The predicted molar refractivity (Wildman–Crippen MR) is 85.3 cm³/mol. The van der Waals surface area contributed by atoms with Gasteiger partial charge in [0, 0.05) is 32.7 Å². The maximum atomic E-state index is 12.3. The van der Waals surface area contributed by atoms with Crippen LogP contribution in [0.15, 0.2) is 42.9 Å². The Labute approximate surface area is 131 Å². The molecule has 1 aromatic heterocycles. The maximum Gasteiger partial charge on any atom is 0.269 e. The van der Waals surface area contributed by atoms with Crippen LogP contribution in [-0.4, -0.2) is 39.5 Å². The molecular weight excluding hydrogens is 276 g/mol. The molecule has 1 aromatic carbocycles. The Kier molecular flexibility index (Phi) is 4.24. The van der Waals surface area contributed by atoms with Crippen molar-refractivity contribution in [3.8, 4) is 0 Å². The molecule has 116 valence electrons.